The molecule has 4 atom stereocenters. The van der Waals surface area contributed by atoms with Gasteiger partial charge >= 0.3 is 21.6 Å². The summed E-state index contributed by atoms with van der Waals surface area (Å²) in [4.78, 5) is 48.4. The largest absolute Gasteiger partial charge is 0.482 e. The fraction of sp³-hybridized carbons (Fsp3) is 0.667. The minimum atomic E-state index is -5.43. The van der Waals surface area contributed by atoms with Crippen LogP contribution in [0.15, 0.2) is 0 Å². The molecule has 0 radical (unpaired) electrons. The Labute approximate surface area is 110 Å². The van der Waals surface area contributed by atoms with Crippen molar-refractivity contribution in [3.63, 3.8) is 0 Å². The van der Waals surface area contributed by atoms with Crippen LogP contribution in [0.1, 0.15) is 0 Å². The number of rotatable bonds is 6. The van der Waals surface area contributed by atoms with E-state index in [4.69, 9.17) is 24.9 Å². The van der Waals surface area contributed by atoms with Gasteiger partial charge in [0.1, 0.15) is 6.10 Å². The summed E-state index contributed by atoms with van der Waals surface area (Å²) in [6.07, 6.45) is -5.92. The molecule has 1 fully saturated rings. The normalized spacial score (nSPS) is 28.1. The number of phosphoric ester groups is 1. The fourth-order valence-corrected chi connectivity index (χ4v) is 2.94. The minimum Gasteiger partial charge on any atom is -0.449 e. The smallest absolute Gasteiger partial charge is 0.449 e. The number of aliphatic hydroxyl groups is 2. The van der Waals surface area contributed by atoms with Crippen molar-refractivity contribution in [1.29, 1.82) is 0 Å². The number of carbonyl (C=O) groups is 2. The van der Waals surface area contributed by atoms with Crippen LogP contribution in [-0.4, -0.2) is 61.6 Å². The van der Waals surface area contributed by atoms with Crippen molar-refractivity contribution in [2.75, 3.05) is 6.61 Å². The molecule has 14 heteroatoms. The number of phosphoric acid groups is 2. The van der Waals surface area contributed by atoms with E-state index in [1.54, 1.807) is 0 Å². The monoisotopic (exact) mass is 336 g/mol. The van der Waals surface area contributed by atoms with E-state index in [1.165, 1.54) is 0 Å². The first-order valence-corrected chi connectivity index (χ1v) is 7.80. The van der Waals surface area contributed by atoms with Crippen molar-refractivity contribution in [2.24, 2.45) is 0 Å². The van der Waals surface area contributed by atoms with E-state index in [9.17, 15) is 18.7 Å². The van der Waals surface area contributed by atoms with Gasteiger partial charge in [0.05, 0.1) is 6.61 Å². The average molecular weight is 336 g/mol. The Morgan fingerprint density at radius 2 is 1.80 bits per heavy atom. The SMILES string of the molecule is O=C1O[C@H]([C@@H](O)CO)C(=O)C1OP(=O)(O)OP(=O)(O)O. The number of esters is 1. The molecular formula is C6H10O12P2. The van der Waals surface area contributed by atoms with Crippen LogP contribution in [0.25, 0.3) is 0 Å². The number of cyclic esters (lactones) is 1. The molecule has 2 unspecified atom stereocenters. The quantitative estimate of drug-likeness (QED) is 0.193. The Kier molecular flexibility index (Phi) is 5.19. The average Bonchev–Trinajstić information content (AvgIpc) is 2.52. The third kappa shape index (κ3) is 4.42. The summed E-state index contributed by atoms with van der Waals surface area (Å²) in [5.74, 6) is -2.78. The van der Waals surface area contributed by atoms with E-state index in [0.29, 0.717) is 0 Å². The second-order valence-electron chi connectivity index (χ2n) is 3.54. The maximum Gasteiger partial charge on any atom is 0.482 e. The Balaban J connectivity index is 2.83. The third-order valence-electron chi connectivity index (χ3n) is 1.98. The lowest BCUT2D eigenvalue weighted by Crippen LogP contribution is -2.37. The summed E-state index contributed by atoms with van der Waals surface area (Å²) < 4.78 is 33.3. The van der Waals surface area contributed by atoms with Crippen LogP contribution in [0.5, 0.6) is 0 Å². The molecule has 0 aromatic heterocycles. The van der Waals surface area contributed by atoms with Gasteiger partial charge in [0.15, 0.2) is 6.10 Å². The zero-order chi connectivity index (χ0) is 15.7. The molecule has 0 spiro atoms. The van der Waals surface area contributed by atoms with Crippen LogP contribution in [0.3, 0.4) is 0 Å². The van der Waals surface area contributed by atoms with Crippen LogP contribution >= 0.6 is 15.6 Å². The standard InChI is InChI=1S/C6H10O12P2/c7-1-2(8)4-3(9)5(6(10)16-4)17-20(14,15)18-19(11,12)13/h2,4-5,7-8H,1H2,(H,14,15)(H2,11,12,13)/t2-,4+,5?/m0/s1. The minimum absolute atomic E-state index is 0.938. The molecule has 0 aliphatic carbocycles. The highest BCUT2D eigenvalue weighted by Crippen LogP contribution is 2.58. The molecule has 0 bridgehead atoms. The van der Waals surface area contributed by atoms with E-state index in [2.05, 4.69) is 13.6 Å². The first-order chi connectivity index (χ1) is 8.97. The molecular weight excluding hydrogens is 326 g/mol. The first-order valence-electron chi connectivity index (χ1n) is 4.78. The van der Waals surface area contributed by atoms with Gasteiger partial charge in [0, 0.05) is 0 Å². The highest BCUT2D eigenvalue weighted by Gasteiger charge is 2.51. The van der Waals surface area contributed by atoms with Crippen molar-refractivity contribution in [2.45, 2.75) is 18.3 Å². The van der Waals surface area contributed by atoms with Gasteiger partial charge in [-0.15, -0.1) is 0 Å². The molecule has 5 N–H and O–H groups in total. The van der Waals surface area contributed by atoms with Gasteiger partial charge in [0.2, 0.25) is 11.9 Å². The maximum atomic E-state index is 11.5. The predicted octanol–water partition coefficient (Wildman–Crippen LogP) is -2.57. The molecule has 1 aliphatic heterocycles. The van der Waals surface area contributed by atoms with Crippen molar-refractivity contribution in [3.05, 3.63) is 0 Å². The van der Waals surface area contributed by atoms with E-state index in [0.717, 1.165) is 0 Å². The molecule has 0 amide bonds. The summed E-state index contributed by atoms with van der Waals surface area (Å²) in [5, 5.41) is 17.8. The lowest BCUT2D eigenvalue weighted by Gasteiger charge is -2.14. The predicted molar refractivity (Wildman–Crippen MR) is 55.8 cm³/mol. The molecule has 116 valence electrons. The Morgan fingerprint density at radius 3 is 2.25 bits per heavy atom. The van der Waals surface area contributed by atoms with Crippen molar-refractivity contribution < 1.29 is 57.2 Å². The molecule has 0 aromatic carbocycles. The lowest BCUT2D eigenvalue weighted by molar-refractivity contribution is -0.151. The van der Waals surface area contributed by atoms with Gasteiger partial charge in [-0.1, -0.05) is 0 Å². The number of ether oxygens (including phenoxy) is 1. The van der Waals surface area contributed by atoms with Gasteiger partial charge in [-0.25, -0.2) is 13.9 Å². The second-order valence-corrected chi connectivity index (χ2v) is 6.32. The maximum absolute atomic E-state index is 11.5. The Morgan fingerprint density at radius 1 is 1.25 bits per heavy atom. The summed E-state index contributed by atoms with van der Waals surface area (Å²) in [6, 6.07) is 0. The molecule has 1 heterocycles. The van der Waals surface area contributed by atoms with E-state index < -0.39 is 52.3 Å². The van der Waals surface area contributed by atoms with Gasteiger partial charge in [0.25, 0.3) is 0 Å². The van der Waals surface area contributed by atoms with Crippen LogP contribution in [-0.2, 0) is 32.3 Å². The van der Waals surface area contributed by atoms with Gasteiger partial charge in [-0.3, -0.25) is 9.32 Å². The number of aliphatic hydroxyl groups excluding tert-OH is 2. The Bertz CT molecular complexity index is 494. The van der Waals surface area contributed by atoms with Crippen molar-refractivity contribution >= 4 is 27.4 Å². The zero-order valence-corrected chi connectivity index (χ0v) is 11.2. The second kappa shape index (κ2) is 5.98. The lowest BCUT2D eigenvalue weighted by atomic mass is 10.1. The molecule has 0 aromatic rings. The van der Waals surface area contributed by atoms with Crippen molar-refractivity contribution in [1.82, 2.24) is 0 Å². The summed E-state index contributed by atoms with van der Waals surface area (Å²) in [5.41, 5.74) is 0. The molecule has 1 aliphatic rings. The topological polar surface area (TPSA) is 197 Å². The first kappa shape index (κ1) is 17.4. The van der Waals surface area contributed by atoms with Crippen LogP contribution in [0, 0.1) is 0 Å². The van der Waals surface area contributed by atoms with Crippen LogP contribution in [0.2, 0.25) is 0 Å². The Hall–Kier alpha value is -0.680. The highest BCUT2D eigenvalue weighted by atomic mass is 31.3. The van der Waals surface area contributed by atoms with Crippen molar-refractivity contribution in [3.8, 4) is 0 Å². The zero-order valence-electron chi connectivity index (χ0n) is 9.43. The van der Waals surface area contributed by atoms with Gasteiger partial charge in [-0.05, 0) is 0 Å². The number of ketones is 1. The van der Waals surface area contributed by atoms with Gasteiger partial charge in [-0.2, -0.15) is 4.31 Å². The number of hydrogen-bond donors (Lipinski definition) is 5. The number of carbonyl (C=O) groups excluding carboxylic acids is 2. The summed E-state index contributed by atoms with van der Waals surface area (Å²) in [7, 11) is -10.8. The molecule has 12 nitrogen and oxygen atoms in total. The molecule has 1 rings (SSSR count). The molecule has 20 heavy (non-hydrogen) atoms. The summed E-state index contributed by atoms with van der Waals surface area (Å²) in [6.45, 7) is -0.938. The van der Waals surface area contributed by atoms with Crippen LogP contribution in [0.4, 0.5) is 0 Å². The molecule has 0 saturated carbocycles. The summed E-state index contributed by atoms with van der Waals surface area (Å²) >= 11 is 0. The number of Topliss-reactive ketones (excluding diaryl/α,β-unsaturated/α-hetero) is 1. The molecule has 1 saturated heterocycles. The third-order valence-corrected chi connectivity index (χ3v) is 4.13. The highest BCUT2D eigenvalue weighted by molar-refractivity contribution is 7.60. The number of hydrogen-bond acceptors (Lipinski definition) is 9. The van der Waals surface area contributed by atoms with E-state index in [1.807, 2.05) is 0 Å². The van der Waals surface area contributed by atoms with Crippen LogP contribution < -0.4 is 0 Å². The fourth-order valence-electron chi connectivity index (χ4n) is 1.26. The van der Waals surface area contributed by atoms with Gasteiger partial charge < -0.3 is 29.6 Å². The van der Waals surface area contributed by atoms with E-state index in [-0.39, 0.29) is 0 Å². The van der Waals surface area contributed by atoms with E-state index >= 15 is 0 Å².